The van der Waals surface area contributed by atoms with E-state index in [1.165, 1.54) is 0 Å². The normalized spacial score (nSPS) is 12.7. The van der Waals surface area contributed by atoms with Crippen molar-refractivity contribution in [3.8, 4) is 0 Å². The van der Waals surface area contributed by atoms with Gasteiger partial charge in [-0.25, -0.2) is 0 Å². The second kappa shape index (κ2) is 3.18. The zero-order valence-corrected chi connectivity index (χ0v) is 7.06. The molecule has 0 rings (SSSR count). The van der Waals surface area contributed by atoms with Crippen LogP contribution in [0.5, 0.6) is 0 Å². The van der Waals surface area contributed by atoms with Crippen molar-refractivity contribution in [3.63, 3.8) is 0 Å². The standard InChI is InChI=1S/C7H17NO/c1-7(2,3)9-6-8(4)5/h6H2,1-5H3. The van der Waals surface area contributed by atoms with Gasteiger partial charge in [0.2, 0.25) is 0 Å². The molecule has 56 valence electrons. The van der Waals surface area contributed by atoms with Crippen LogP contribution in [0.15, 0.2) is 0 Å². The monoisotopic (exact) mass is 131 g/mol. The van der Waals surface area contributed by atoms with Crippen LogP contribution in [0.1, 0.15) is 20.8 Å². The number of rotatable bonds is 2. The van der Waals surface area contributed by atoms with Gasteiger partial charge in [0.15, 0.2) is 0 Å². The Morgan fingerprint density at radius 3 is 1.78 bits per heavy atom. The lowest BCUT2D eigenvalue weighted by Crippen LogP contribution is -2.26. The summed E-state index contributed by atoms with van der Waals surface area (Å²) in [6.45, 7) is 6.85. The Hall–Kier alpha value is -0.0800. The van der Waals surface area contributed by atoms with Gasteiger partial charge >= 0.3 is 0 Å². The zero-order chi connectivity index (χ0) is 7.49. The molecule has 0 N–H and O–H groups in total. The van der Waals surface area contributed by atoms with Gasteiger partial charge in [-0.1, -0.05) is 0 Å². The molecule has 0 aliphatic rings. The fraction of sp³-hybridized carbons (Fsp3) is 1.00. The first-order valence-electron chi connectivity index (χ1n) is 3.20. The summed E-state index contributed by atoms with van der Waals surface area (Å²) in [4.78, 5) is 2.01. The molecule has 0 radical (unpaired) electrons. The van der Waals surface area contributed by atoms with Crippen LogP contribution in [0, 0.1) is 0 Å². The number of nitrogens with zero attached hydrogens (tertiary/aromatic N) is 1. The van der Waals surface area contributed by atoms with E-state index in [-0.39, 0.29) is 5.60 Å². The molecule has 2 nitrogen and oxygen atoms in total. The summed E-state index contributed by atoms with van der Waals surface area (Å²) in [5.41, 5.74) is -0.00965. The van der Waals surface area contributed by atoms with Crippen molar-refractivity contribution in [2.75, 3.05) is 20.8 Å². The number of ether oxygens (including phenoxy) is 1. The van der Waals surface area contributed by atoms with E-state index in [1.54, 1.807) is 0 Å². The van der Waals surface area contributed by atoms with E-state index >= 15 is 0 Å². The van der Waals surface area contributed by atoms with Gasteiger partial charge in [-0.05, 0) is 34.9 Å². The first-order chi connectivity index (χ1) is 3.92. The van der Waals surface area contributed by atoms with Crippen molar-refractivity contribution in [2.24, 2.45) is 0 Å². The summed E-state index contributed by atoms with van der Waals surface area (Å²) in [6.07, 6.45) is 0. The van der Waals surface area contributed by atoms with Crippen molar-refractivity contribution >= 4 is 0 Å². The Balaban J connectivity index is 3.28. The van der Waals surface area contributed by atoms with Crippen LogP contribution in [0.3, 0.4) is 0 Å². The predicted molar refractivity (Wildman–Crippen MR) is 39.4 cm³/mol. The van der Waals surface area contributed by atoms with Gasteiger partial charge in [-0.3, -0.25) is 4.90 Å². The molecule has 9 heavy (non-hydrogen) atoms. The average Bonchev–Trinajstić information content (AvgIpc) is 1.59. The first-order valence-corrected chi connectivity index (χ1v) is 3.20. The molecule has 0 aliphatic heterocycles. The van der Waals surface area contributed by atoms with Crippen LogP contribution in [0.2, 0.25) is 0 Å². The molecule has 0 atom stereocenters. The summed E-state index contributed by atoms with van der Waals surface area (Å²) in [5, 5.41) is 0. The summed E-state index contributed by atoms with van der Waals surface area (Å²) < 4.78 is 5.42. The molecular formula is C7H17NO. The highest BCUT2D eigenvalue weighted by Gasteiger charge is 2.09. The average molecular weight is 131 g/mol. The summed E-state index contributed by atoms with van der Waals surface area (Å²) in [5.74, 6) is 0. The molecule has 0 fully saturated rings. The van der Waals surface area contributed by atoms with E-state index < -0.39 is 0 Å². The van der Waals surface area contributed by atoms with Crippen LogP contribution >= 0.6 is 0 Å². The third kappa shape index (κ3) is 7.92. The minimum absolute atomic E-state index is 0.00965. The molecule has 2 heteroatoms. The Morgan fingerprint density at radius 2 is 1.67 bits per heavy atom. The topological polar surface area (TPSA) is 12.5 Å². The Kier molecular flexibility index (Phi) is 3.15. The maximum atomic E-state index is 5.42. The highest BCUT2D eigenvalue weighted by Crippen LogP contribution is 2.05. The van der Waals surface area contributed by atoms with Gasteiger partial charge in [0.05, 0.1) is 12.3 Å². The van der Waals surface area contributed by atoms with Crippen molar-refractivity contribution in [2.45, 2.75) is 26.4 Å². The van der Waals surface area contributed by atoms with Gasteiger partial charge < -0.3 is 4.74 Å². The minimum atomic E-state index is -0.00965. The van der Waals surface area contributed by atoms with E-state index in [0.29, 0.717) is 6.73 Å². The SMILES string of the molecule is CN(C)COC(C)(C)C. The Morgan fingerprint density at radius 1 is 1.22 bits per heavy atom. The van der Waals surface area contributed by atoms with Gasteiger partial charge in [0.25, 0.3) is 0 Å². The first kappa shape index (κ1) is 8.92. The van der Waals surface area contributed by atoms with E-state index in [0.717, 1.165) is 0 Å². The lowest BCUT2D eigenvalue weighted by Gasteiger charge is -2.22. The smallest absolute Gasteiger partial charge is 0.0992 e. The maximum absolute atomic E-state index is 5.42. The van der Waals surface area contributed by atoms with Crippen molar-refractivity contribution in [1.82, 2.24) is 4.90 Å². The van der Waals surface area contributed by atoms with Crippen LogP contribution in [-0.4, -0.2) is 31.3 Å². The quantitative estimate of drug-likeness (QED) is 0.524. The van der Waals surface area contributed by atoms with E-state index in [4.69, 9.17) is 4.74 Å². The van der Waals surface area contributed by atoms with Gasteiger partial charge in [-0.15, -0.1) is 0 Å². The summed E-state index contributed by atoms with van der Waals surface area (Å²) >= 11 is 0. The molecule has 0 unspecified atom stereocenters. The third-order valence-electron chi connectivity index (χ3n) is 0.756. The van der Waals surface area contributed by atoms with Crippen molar-refractivity contribution in [3.05, 3.63) is 0 Å². The minimum Gasteiger partial charge on any atom is -0.361 e. The molecule has 0 aromatic heterocycles. The maximum Gasteiger partial charge on any atom is 0.0992 e. The number of hydrogen-bond acceptors (Lipinski definition) is 2. The zero-order valence-electron chi connectivity index (χ0n) is 7.06. The predicted octanol–water partition coefficient (Wildman–Crippen LogP) is 1.32. The molecule has 0 amide bonds. The van der Waals surface area contributed by atoms with Crippen LogP contribution < -0.4 is 0 Å². The number of hydrogen-bond donors (Lipinski definition) is 0. The van der Waals surface area contributed by atoms with Crippen molar-refractivity contribution in [1.29, 1.82) is 0 Å². The third-order valence-corrected chi connectivity index (χ3v) is 0.756. The molecule has 0 aromatic rings. The lowest BCUT2D eigenvalue weighted by atomic mass is 10.2. The Bertz CT molecular complexity index is 73.5. The highest BCUT2D eigenvalue weighted by molar-refractivity contribution is 4.57. The fourth-order valence-corrected chi connectivity index (χ4v) is 0.323. The fourth-order valence-electron chi connectivity index (χ4n) is 0.323. The molecule has 0 saturated heterocycles. The molecule has 0 heterocycles. The van der Waals surface area contributed by atoms with Gasteiger partial charge in [0, 0.05) is 0 Å². The van der Waals surface area contributed by atoms with E-state index in [1.807, 2.05) is 19.0 Å². The summed E-state index contributed by atoms with van der Waals surface area (Å²) in [6, 6.07) is 0. The second-order valence-corrected chi connectivity index (χ2v) is 3.47. The Labute approximate surface area is 57.8 Å². The van der Waals surface area contributed by atoms with Crippen molar-refractivity contribution < 1.29 is 4.74 Å². The van der Waals surface area contributed by atoms with Crippen LogP contribution in [0.25, 0.3) is 0 Å². The molecule has 0 bridgehead atoms. The van der Waals surface area contributed by atoms with Crippen LogP contribution in [-0.2, 0) is 4.74 Å². The van der Waals surface area contributed by atoms with E-state index in [9.17, 15) is 0 Å². The van der Waals surface area contributed by atoms with Crippen LogP contribution in [0.4, 0.5) is 0 Å². The lowest BCUT2D eigenvalue weighted by molar-refractivity contribution is -0.0488. The molecular weight excluding hydrogens is 114 g/mol. The second-order valence-electron chi connectivity index (χ2n) is 3.47. The highest BCUT2D eigenvalue weighted by atomic mass is 16.5. The molecule has 0 aromatic carbocycles. The summed E-state index contributed by atoms with van der Waals surface area (Å²) in [7, 11) is 3.98. The van der Waals surface area contributed by atoms with E-state index in [2.05, 4.69) is 20.8 Å². The molecule has 0 saturated carbocycles. The van der Waals surface area contributed by atoms with Gasteiger partial charge in [-0.2, -0.15) is 0 Å². The van der Waals surface area contributed by atoms with Gasteiger partial charge in [0.1, 0.15) is 0 Å². The molecule has 0 aliphatic carbocycles. The molecule has 0 spiro atoms. The largest absolute Gasteiger partial charge is 0.361 e.